The Kier molecular flexibility index (Phi) is 3.29. The molecule has 0 saturated heterocycles. The molecule has 4 nitrogen and oxygen atoms in total. The predicted octanol–water partition coefficient (Wildman–Crippen LogP) is 3.67. The zero-order chi connectivity index (χ0) is 17.7. The lowest BCUT2D eigenvalue weighted by Crippen LogP contribution is -2.20. The maximum absolute atomic E-state index is 11.8. The van der Waals surface area contributed by atoms with E-state index in [1.165, 1.54) is 16.8 Å². The van der Waals surface area contributed by atoms with Crippen molar-refractivity contribution >= 4 is 5.91 Å². The molecular formula is C22H21N3O. The number of hydrogen-bond acceptors (Lipinski definition) is 2. The summed E-state index contributed by atoms with van der Waals surface area (Å²) in [5, 5.41) is 10.7. The van der Waals surface area contributed by atoms with E-state index in [2.05, 4.69) is 58.8 Å². The Morgan fingerprint density at radius 1 is 1.12 bits per heavy atom. The first kappa shape index (κ1) is 15.4. The number of rotatable bonds is 3. The van der Waals surface area contributed by atoms with Crippen LogP contribution >= 0.6 is 0 Å². The molecule has 2 aromatic carbocycles. The number of H-pyrrole nitrogens is 1. The Bertz CT molecular complexity index is 1010. The molecule has 2 N–H and O–H groups in total. The minimum Gasteiger partial charge on any atom is -0.348 e. The number of carbonyl (C=O) groups is 1. The maximum Gasteiger partial charge on any atom is 0.251 e. The molecule has 0 saturated carbocycles. The SMILES string of the molecule is CC1(Cc2ccccc2)Cc2[nH]nc(-c3ccc4c(c3)CNC4=O)c2C1. The molecule has 0 spiro atoms. The van der Waals surface area contributed by atoms with Crippen molar-refractivity contribution < 1.29 is 4.79 Å². The normalized spacial score (nSPS) is 20.7. The third-order valence-corrected chi connectivity index (χ3v) is 5.70. The van der Waals surface area contributed by atoms with Gasteiger partial charge in [0, 0.05) is 28.9 Å². The van der Waals surface area contributed by atoms with E-state index in [0.717, 1.165) is 41.6 Å². The Morgan fingerprint density at radius 3 is 2.81 bits per heavy atom. The number of aromatic amines is 1. The monoisotopic (exact) mass is 343 g/mol. The fourth-order valence-electron chi connectivity index (χ4n) is 4.49. The summed E-state index contributed by atoms with van der Waals surface area (Å²) in [6.07, 6.45) is 3.12. The van der Waals surface area contributed by atoms with Crippen LogP contribution in [0.4, 0.5) is 0 Å². The molecular weight excluding hydrogens is 322 g/mol. The lowest BCUT2D eigenvalue weighted by molar-refractivity contribution is 0.0966. The molecule has 1 amide bonds. The van der Waals surface area contributed by atoms with E-state index in [0.29, 0.717) is 6.54 Å². The third kappa shape index (κ3) is 2.45. The molecule has 1 aliphatic carbocycles. The molecule has 4 heteroatoms. The van der Waals surface area contributed by atoms with Crippen molar-refractivity contribution in [2.24, 2.45) is 5.41 Å². The average molecular weight is 343 g/mol. The number of carbonyl (C=O) groups excluding carboxylic acids is 1. The zero-order valence-electron chi connectivity index (χ0n) is 14.8. The molecule has 5 rings (SSSR count). The quantitative estimate of drug-likeness (QED) is 0.762. The van der Waals surface area contributed by atoms with Gasteiger partial charge in [0.15, 0.2) is 0 Å². The van der Waals surface area contributed by atoms with Crippen molar-refractivity contribution in [3.8, 4) is 11.3 Å². The Labute approximate surface area is 152 Å². The lowest BCUT2D eigenvalue weighted by atomic mass is 9.81. The maximum atomic E-state index is 11.8. The number of nitrogens with zero attached hydrogens (tertiary/aromatic N) is 1. The first-order chi connectivity index (χ1) is 12.6. The summed E-state index contributed by atoms with van der Waals surface area (Å²) in [5.74, 6) is 0.0224. The second-order valence-electron chi connectivity index (χ2n) is 7.91. The number of benzene rings is 2. The molecule has 0 bridgehead atoms. The molecule has 0 fully saturated rings. The Morgan fingerprint density at radius 2 is 1.96 bits per heavy atom. The van der Waals surface area contributed by atoms with Gasteiger partial charge in [0.05, 0.1) is 5.69 Å². The highest BCUT2D eigenvalue weighted by molar-refractivity contribution is 5.98. The number of fused-ring (bicyclic) bond motifs is 2. The molecule has 0 radical (unpaired) electrons. The summed E-state index contributed by atoms with van der Waals surface area (Å²) >= 11 is 0. The first-order valence-electron chi connectivity index (χ1n) is 9.13. The van der Waals surface area contributed by atoms with Crippen molar-refractivity contribution in [2.75, 3.05) is 0 Å². The molecule has 2 heterocycles. The highest BCUT2D eigenvalue weighted by Crippen LogP contribution is 2.42. The minimum atomic E-state index is 0.0224. The molecule has 1 aromatic heterocycles. The molecule has 130 valence electrons. The second kappa shape index (κ2) is 5.56. The topological polar surface area (TPSA) is 57.8 Å². The van der Waals surface area contributed by atoms with E-state index in [9.17, 15) is 4.79 Å². The van der Waals surface area contributed by atoms with Crippen LogP contribution in [0.15, 0.2) is 48.5 Å². The summed E-state index contributed by atoms with van der Waals surface area (Å²) in [6.45, 7) is 2.98. The molecule has 1 aliphatic heterocycles. The third-order valence-electron chi connectivity index (χ3n) is 5.70. The number of hydrogen-bond donors (Lipinski definition) is 2. The van der Waals surface area contributed by atoms with Gasteiger partial charge in [0.25, 0.3) is 5.91 Å². The van der Waals surface area contributed by atoms with Gasteiger partial charge in [-0.15, -0.1) is 0 Å². The van der Waals surface area contributed by atoms with E-state index in [1.54, 1.807) is 0 Å². The number of aromatic nitrogens is 2. The summed E-state index contributed by atoms with van der Waals surface area (Å²) in [4.78, 5) is 11.8. The zero-order valence-corrected chi connectivity index (χ0v) is 14.8. The Balaban J connectivity index is 1.45. The molecule has 3 aromatic rings. The summed E-state index contributed by atoms with van der Waals surface area (Å²) < 4.78 is 0. The van der Waals surface area contributed by atoms with Crippen LogP contribution in [-0.4, -0.2) is 16.1 Å². The molecule has 1 atom stereocenters. The van der Waals surface area contributed by atoms with Crippen LogP contribution in [0.3, 0.4) is 0 Å². The van der Waals surface area contributed by atoms with Crippen molar-refractivity contribution in [3.05, 3.63) is 76.5 Å². The first-order valence-corrected chi connectivity index (χ1v) is 9.13. The van der Waals surface area contributed by atoms with Gasteiger partial charge in [-0.2, -0.15) is 5.10 Å². The second-order valence-corrected chi connectivity index (χ2v) is 7.91. The van der Waals surface area contributed by atoms with Gasteiger partial charge in [0.2, 0.25) is 0 Å². The van der Waals surface area contributed by atoms with Crippen molar-refractivity contribution in [2.45, 2.75) is 32.7 Å². The van der Waals surface area contributed by atoms with Gasteiger partial charge in [-0.3, -0.25) is 9.89 Å². The Hall–Kier alpha value is -2.88. The van der Waals surface area contributed by atoms with Crippen LogP contribution in [0.25, 0.3) is 11.3 Å². The molecule has 26 heavy (non-hydrogen) atoms. The van der Waals surface area contributed by atoms with E-state index < -0.39 is 0 Å². The fraction of sp³-hybridized carbons (Fsp3) is 0.273. The molecule has 2 aliphatic rings. The molecule has 1 unspecified atom stereocenters. The predicted molar refractivity (Wildman–Crippen MR) is 101 cm³/mol. The van der Waals surface area contributed by atoms with Crippen molar-refractivity contribution in [1.82, 2.24) is 15.5 Å². The van der Waals surface area contributed by atoms with Gasteiger partial charge in [0.1, 0.15) is 0 Å². The number of amides is 1. The lowest BCUT2D eigenvalue weighted by Gasteiger charge is -2.24. The van der Waals surface area contributed by atoms with E-state index in [-0.39, 0.29) is 11.3 Å². The summed E-state index contributed by atoms with van der Waals surface area (Å²) in [6, 6.07) is 16.8. The highest BCUT2D eigenvalue weighted by atomic mass is 16.1. The van der Waals surface area contributed by atoms with Crippen LogP contribution in [0.2, 0.25) is 0 Å². The average Bonchev–Trinajstić information content (AvgIpc) is 3.28. The van der Waals surface area contributed by atoms with Gasteiger partial charge in [-0.1, -0.05) is 43.3 Å². The van der Waals surface area contributed by atoms with E-state index in [1.807, 2.05) is 12.1 Å². The highest BCUT2D eigenvalue weighted by Gasteiger charge is 2.36. The van der Waals surface area contributed by atoms with Gasteiger partial charge in [-0.05, 0) is 47.9 Å². The standard InChI is InChI=1S/C22H21N3O/c1-22(10-14-5-3-2-4-6-14)11-18-19(12-22)24-25-20(18)15-7-8-17-16(9-15)13-23-21(17)26/h2-9H,10-13H2,1H3,(H,23,26)(H,24,25). The largest absolute Gasteiger partial charge is 0.348 e. The van der Waals surface area contributed by atoms with Crippen LogP contribution in [-0.2, 0) is 25.8 Å². The summed E-state index contributed by atoms with van der Waals surface area (Å²) in [5.41, 5.74) is 8.18. The van der Waals surface area contributed by atoms with E-state index >= 15 is 0 Å². The van der Waals surface area contributed by atoms with Gasteiger partial charge in [-0.25, -0.2) is 0 Å². The minimum absolute atomic E-state index is 0.0224. The fourth-order valence-corrected chi connectivity index (χ4v) is 4.49. The van der Waals surface area contributed by atoms with Crippen LogP contribution < -0.4 is 5.32 Å². The summed E-state index contributed by atoms with van der Waals surface area (Å²) in [7, 11) is 0. The van der Waals surface area contributed by atoms with Crippen LogP contribution in [0.1, 0.15) is 39.7 Å². The van der Waals surface area contributed by atoms with Crippen LogP contribution in [0.5, 0.6) is 0 Å². The smallest absolute Gasteiger partial charge is 0.251 e. The van der Waals surface area contributed by atoms with Gasteiger partial charge >= 0.3 is 0 Å². The van der Waals surface area contributed by atoms with E-state index in [4.69, 9.17) is 0 Å². The van der Waals surface area contributed by atoms with Crippen LogP contribution in [0, 0.1) is 5.41 Å². The van der Waals surface area contributed by atoms with Crippen molar-refractivity contribution in [1.29, 1.82) is 0 Å². The van der Waals surface area contributed by atoms with Crippen molar-refractivity contribution in [3.63, 3.8) is 0 Å². The number of nitrogens with one attached hydrogen (secondary N) is 2. The van der Waals surface area contributed by atoms with Gasteiger partial charge < -0.3 is 5.32 Å².